The second-order valence-corrected chi connectivity index (χ2v) is 6.03. The molecule has 0 aliphatic heterocycles. The number of carbonyl (C=O) groups excluding carboxylic acids is 1. The summed E-state index contributed by atoms with van der Waals surface area (Å²) in [5, 5.41) is 10.0. The van der Waals surface area contributed by atoms with Gasteiger partial charge in [-0.1, -0.05) is 60.1 Å². The standard InChI is InChI=1S/C20H18ClN3O/c1-14-18(21)10-5-11-19(14)22-13-20(25)24-23-12-16-8-4-7-15-6-2-3-9-17(15)16/h2-12,22H,13H2,1H3,(H,24,25). The minimum atomic E-state index is -0.226. The second-order valence-electron chi connectivity index (χ2n) is 5.63. The van der Waals surface area contributed by atoms with Crippen LogP contribution in [-0.4, -0.2) is 18.7 Å². The zero-order valence-corrected chi connectivity index (χ0v) is 14.5. The van der Waals surface area contributed by atoms with Gasteiger partial charge in [-0.2, -0.15) is 5.10 Å². The predicted octanol–water partition coefficient (Wildman–Crippen LogP) is 4.36. The molecule has 3 rings (SSSR count). The number of halogens is 1. The Morgan fingerprint density at radius 3 is 2.72 bits per heavy atom. The summed E-state index contributed by atoms with van der Waals surface area (Å²) < 4.78 is 0. The highest BCUT2D eigenvalue weighted by molar-refractivity contribution is 6.31. The monoisotopic (exact) mass is 351 g/mol. The van der Waals surface area contributed by atoms with Gasteiger partial charge in [0.1, 0.15) is 0 Å². The van der Waals surface area contributed by atoms with Crippen molar-refractivity contribution in [3.63, 3.8) is 0 Å². The van der Waals surface area contributed by atoms with E-state index in [9.17, 15) is 4.79 Å². The lowest BCUT2D eigenvalue weighted by Crippen LogP contribution is -2.26. The Labute approximate surface area is 151 Å². The molecule has 0 heterocycles. The van der Waals surface area contributed by atoms with Crippen LogP contribution in [0.5, 0.6) is 0 Å². The van der Waals surface area contributed by atoms with Gasteiger partial charge in [-0.3, -0.25) is 4.79 Å². The fraction of sp³-hybridized carbons (Fsp3) is 0.100. The van der Waals surface area contributed by atoms with Crippen LogP contribution in [0.15, 0.2) is 65.8 Å². The second kappa shape index (κ2) is 7.81. The Morgan fingerprint density at radius 1 is 1.08 bits per heavy atom. The maximum Gasteiger partial charge on any atom is 0.259 e. The van der Waals surface area contributed by atoms with Crippen molar-refractivity contribution in [1.82, 2.24) is 5.43 Å². The smallest absolute Gasteiger partial charge is 0.259 e. The van der Waals surface area contributed by atoms with Crippen molar-refractivity contribution in [3.8, 4) is 0 Å². The van der Waals surface area contributed by atoms with Crippen LogP contribution >= 0.6 is 11.6 Å². The summed E-state index contributed by atoms with van der Waals surface area (Å²) in [4.78, 5) is 11.9. The molecule has 3 aromatic rings. The highest BCUT2D eigenvalue weighted by atomic mass is 35.5. The number of fused-ring (bicyclic) bond motifs is 1. The van der Waals surface area contributed by atoms with Crippen LogP contribution in [0.25, 0.3) is 10.8 Å². The third-order valence-corrected chi connectivity index (χ3v) is 4.33. The molecular formula is C20H18ClN3O. The number of rotatable bonds is 5. The lowest BCUT2D eigenvalue weighted by molar-refractivity contribution is -0.119. The van der Waals surface area contributed by atoms with Crippen molar-refractivity contribution in [2.24, 2.45) is 5.10 Å². The van der Waals surface area contributed by atoms with Gasteiger partial charge in [0.15, 0.2) is 0 Å². The maximum absolute atomic E-state index is 11.9. The zero-order chi connectivity index (χ0) is 17.6. The molecule has 0 saturated carbocycles. The molecule has 0 aliphatic carbocycles. The highest BCUT2D eigenvalue weighted by Crippen LogP contribution is 2.22. The zero-order valence-electron chi connectivity index (χ0n) is 13.8. The van der Waals surface area contributed by atoms with Gasteiger partial charge in [-0.05, 0) is 35.4 Å². The molecular weight excluding hydrogens is 334 g/mol. The van der Waals surface area contributed by atoms with Crippen molar-refractivity contribution in [3.05, 3.63) is 76.8 Å². The van der Waals surface area contributed by atoms with Crippen molar-refractivity contribution < 1.29 is 4.79 Å². The highest BCUT2D eigenvalue weighted by Gasteiger charge is 2.04. The number of benzene rings is 3. The van der Waals surface area contributed by atoms with Gasteiger partial charge in [-0.15, -0.1) is 0 Å². The lowest BCUT2D eigenvalue weighted by Gasteiger charge is -2.09. The number of hydrazone groups is 1. The normalized spacial score (nSPS) is 11.0. The van der Waals surface area contributed by atoms with Gasteiger partial charge in [0, 0.05) is 16.3 Å². The van der Waals surface area contributed by atoms with E-state index in [0.29, 0.717) is 5.02 Å². The molecule has 0 aliphatic rings. The van der Waals surface area contributed by atoms with E-state index in [0.717, 1.165) is 27.6 Å². The van der Waals surface area contributed by atoms with Crippen LogP contribution in [0.3, 0.4) is 0 Å². The molecule has 126 valence electrons. The Hall–Kier alpha value is -2.85. The van der Waals surface area contributed by atoms with E-state index in [1.807, 2.05) is 67.6 Å². The molecule has 0 spiro atoms. The fourth-order valence-electron chi connectivity index (χ4n) is 2.55. The summed E-state index contributed by atoms with van der Waals surface area (Å²) in [7, 11) is 0. The average molecular weight is 352 g/mol. The van der Waals surface area contributed by atoms with Gasteiger partial charge in [0.2, 0.25) is 0 Å². The molecule has 5 heteroatoms. The van der Waals surface area contributed by atoms with Crippen molar-refractivity contribution in [2.75, 3.05) is 11.9 Å². The van der Waals surface area contributed by atoms with E-state index >= 15 is 0 Å². The quantitative estimate of drug-likeness (QED) is 0.530. The lowest BCUT2D eigenvalue weighted by atomic mass is 10.1. The molecule has 0 fully saturated rings. The number of nitrogens with one attached hydrogen (secondary N) is 2. The Bertz CT molecular complexity index is 932. The van der Waals surface area contributed by atoms with Crippen molar-refractivity contribution >= 4 is 40.2 Å². The van der Waals surface area contributed by atoms with Crippen LogP contribution in [0, 0.1) is 6.92 Å². The molecule has 2 N–H and O–H groups in total. The van der Waals surface area contributed by atoms with Crippen LogP contribution in [0.2, 0.25) is 5.02 Å². The van der Waals surface area contributed by atoms with E-state index in [4.69, 9.17) is 11.6 Å². The molecule has 0 unspecified atom stereocenters. The number of hydrogen-bond acceptors (Lipinski definition) is 3. The summed E-state index contributed by atoms with van der Waals surface area (Å²) in [6.07, 6.45) is 1.66. The molecule has 0 radical (unpaired) electrons. The summed E-state index contributed by atoms with van der Waals surface area (Å²) in [5.74, 6) is -0.226. The SMILES string of the molecule is Cc1c(Cl)cccc1NCC(=O)NN=Cc1cccc2ccccc12. The third kappa shape index (κ3) is 4.17. The van der Waals surface area contributed by atoms with Crippen molar-refractivity contribution in [2.45, 2.75) is 6.92 Å². The number of nitrogens with zero attached hydrogens (tertiary/aromatic N) is 1. The number of carbonyl (C=O) groups is 1. The van der Waals surface area contributed by atoms with Gasteiger partial charge in [-0.25, -0.2) is 5.43 Å². The first-order chi connectivity index (χ1) is 12.1. The number of hydrogen-bond donors (Lipinski definition) is 2. The molecule has 3 aromatic carbocycles. The summed E-state index contributed by atoms with van der Waals surface area (Å²) in [5.41, 5.74) is 5.24. The Morgan fingerprint density at radius 2 is 1.84 bits per heavy atom. The van der Waals surface area contributed by atoms with Gasteiger partial charge < -0.3 is 5.32 Å². The van der Waals surface area contributed by atoms with E-state index < -0.39 is 0 Å². The molecule has 0 aromatic heterocycles. The minimum Gasteiger partial charge on any atom is -0.376 e. The first-order valence-electron chi connectivity index (χ1n) is 7.94. The third-order valence-electron chi connectivity index (χ3n) is 3.92. The largest absolute Gasteiger partial charge is 0.376 e. The molecule has 0 bridgehead atoms. The minimum absolute atomic E-state index is 0.119. The summed E-state index contributed by atoms with van der Waals surface area (Å²) >= 11 is 6.06. The van der Waals surface area contributed by atoms with Crippen LogP contribution in [0.1, 0.15) is 11.1 Å². The molecule has 4 nitrogen and oxygen atoms in total. The topological polar surface area (TPSA) is 53.5 Å². The Balaban J connectivity index is 1.60. The van der Waals surface area contributed by atoms with E-state index in [1.54, 1.807) is 6.21 Å². The van der Waals surface area contributed by atoms with E-state index in [2.05, 4.69) is 15.8 Å². The average Bonchev–Trinajstić information content (AvgIpc) is 2.63. The molecule has 1 amide bonds. The van der Waals surface area contributed by atoms with Gasteiger partial charge >= 0.3 is 0 Å². The van der Waals surface area contributed by atoms with Gasteiger partial charge in [0.05, 0.1) is 12.8 Å². The summed E-state index contributed by atoms with van der Waals surface area (Å²) in [6.45, 7) is 2.02. The number of anilines is 1. The number of amides is 1. The van der Waals surface area contributed by atoms with Crippen LogP contribution in [-0.2, 0) is 4.79 Å². The first kappa shape index (κ1) is 17.0. The van der Waals surface area contributed by atoms with Gasteiger partial charge in [0.25, 0.3) is 5.91 Å². The van der Waals surface area contributed by atoms with E-state index in [1.165, 1.54) is 0 Å². The fourth-order valence-corrected chi connectivity index (χ4v) is 2.73. The van der Waals surface area contributed by atoms with Crippen molar-refractivity contribution in [1.29, 1.82) is 0 Å². The molecule has 0 atom stereocenters. The van der Waals surface area contributed by atoms with E-state index in [-0.39, 0.29) is 12.5 Å². The molecule has 0 saturated heterocycles. The predicted molar refractivity (Wildman–Crippen MR) is 104 cm³/mol. The molecule has 25 heavy (non-hydrogen) atoms. The Kier molecular flexibility index (Phi) is 5.31. The first-order valence-corrected chi connectivity index (χ1v) is 8.31. The van der Waals surface area contributed by atoms with Crippen LogP contribution in [0.4, 0.5) is 5.69 Å². The summed E-state index contributed by atoms with van der Waals surface area (Å²) in [6, 6.07) is 19.6. The maximum atomic E-state index is 11.9. The van der Waals surface area contributed by atoms with Crippen LogP contribution < -0.4 is 10.7 Å².